The first-order valence-electron chi connectivity index (χ1n) is 11.2. The monoisotopic (exact) mass is 522 g/mol. The normalized spacial score (nSPS) is 14.4. The van der Waals surface area contributed by atoms with Crippen LogP contribution in [0.5, 0.6) is 0 Å². The number of thioether (sulfide) groups is 1. The summed E-state index contributed by atoms with van der Waals surface area (Å²) in [7, 11) is 0. The first kappa shape index (κ1) is 24.1. The van der Waals surface area contributed by atoms with Gasteiger partial charge in [-0.2, -0.15) is 5.26 Å². The predicted octanol–water partition coefficient (Wildman–Crippen LogP) is 6.04. The van der Waals surface area contributed by atoms with E-state index in [2.05, 4.69) is 47.5 Å². The van der Waals surface area contributed by atoms with Gasteiger partial charge in [0.05, 0.1) is 10.2 Å². The fraction of sp³-hybridized carbons (Fsp3) is 0. The summed E-state index contributed by atoms with van der Waals surface area (Å²) in [5.41, 5.74) is 0.848. The molecule has 0 atom stereocenters. The maximum atomic E-state index is 13.0. The van der Waals surface area contributed by atoms with Crippen molar-refractivity contribution in [3.05, 3.63) is 131 Å². The van der Waals surface area contributed by atoms with E-state index in [1.807, 2.05) is 66.7 Å². The van der Waals surface area contributed by atoms with E-state index in [0.717, 1.165) is 21.5 Å². The number of hydrogen-bond acceptors (Lipinski definition) is 3. The van der Waals surface area contributed by atoms with E-state index in [0.29, 0.717) is 20.3 Å². The Morgan fingerprint density at radius 1 is 0.778 bits per heavy atom. The minimum Gasteiger partial charge on any atom is -0.266 e. The topological polar surface area (TPSA) is 53.2 Å². The van der Waals surface area contributed by atoms with E-state index in [1.54, 1.807) is 18.2 Å². The predicted molar refractivity (Wildman–Crippen MR) is 155 cm³/mol. The first-order chi connectivity index (χ1) is 17.6. The van der Waals surface area contributed by atoms with E-state index >= 15 is 0 Å². The second-order valence-corrected chi connectivity index (χ2v) is 12.8. The van der Waals surface area contributed by atoms with Gasteiger partial charge in [0.2, 0.25) is 0 Å². The molecule has 0 spiro atoms. The summed E-state index contributed by atoms with van der Waals surface area (Å²) in [6, 6.07) is 40.0. The van der Waals surface area contributed by atoms with Gasteiger partial charge in [0.25, 0.3) is 5.91 Å². The zero-order valence-electron chi connectivity index (χ0n) is 19.1. The van der Waals surface area contributed by atoms with Crippen molar-refractivity contribution < 1.29 is 4.79 Å². The van der Waals surface area contributed by atoms with E-state index < -0.39 is 6.89 Å². The van der Waals surface area contributed by atoms with E-state index in [-0.39, 0.29) is 5.91 Å². The summed E-state index contributed by atoms with van der Waals surface area (Å²) < 4.78 is 0. The van der Waals surface area contributed by atoms with Crippen LogP contribution in [-0.4, -0.2) is 16.2 Å². The summed E-state index contributed by atoms with van der Waals surface area (Å²) in [6.07, 6.45) is 1.79. The summed E-state index contributed by atoms with van der Waals surface area (Å²) in [5.74, 6) is -0.343. The smallest absolute Gasteiger partial charge is 0.266 e. The lowest BCUT2D eigenvalue weighted by Gasteiger charge is -2.30. The number of carbonyl (C=O) groups excluding carboxylic acids is 1. The van der Waals surface area contributed by atoms with Crippen LogP contribution in [-0.2, 0) is 4.79 Å². The number of nitriles is 1. The van der Waals surface area contributed by atoms with Crippen LogP contribution in [0.2, 0.25) is 5.02 Å². The molecule has 0 radical (unpaired) electrons. The number of rotatable bonds is 5. The molecule has 4 aromatic rings. The zero-order chi connectivity index (χ0) is 25.0. The van der Waals surface area contributed by atoms with Crippen molar-refractivity contribution in [2.45, 2.75) is 0 Å². The van der Waals surface area contributed by atoms with Crippen molar-refractivity contribution >= 4 is 68.5 Å². The number of carbonyl (C=O) groups is 1. The molecule has 0 saturated carbocycles. The van der Waals surface area contributed by atoms with Gasteiger partial charge in [-0.15, -0.1) is 0 Å². The van der Waals surface area contributed by atoms with Gasteiger partial charge in [0.15, 0.2) is 0 Å². The molecule has 6 heteroatoms. The van der Waals surface area contributed by atoms with Gasteiger partial charge >= 0.3 is 0 Å². The van der Waals surface area contributed by atoms with Crippen molar-refractivity contribution in [1.82, 2.24) is 0 Å². The quantitative estimate of drug-likeness (QED) is 0.237. The lowest BCUT2D eigenvalue weighted by atomic mass is 10.2. The molecule has 0 aliphatic carbocycles. The lowest BCUT2D eigenvalue weighted by Crippen LogP contribution is -2.32. The summed E-state index contributed by atoms with van der Waals surface area (Å²) in [4.78, 5) is 17.9. The number of benzene rings is 4. The number of hydrogen-bond donors (Lipinski definition) is 0. The van der Waals surface area contributed by atoms with Crippen LogP contribution in [0.3, 0.4) is 0 Å². The third-order valence-corrected chi connectivity index (χ3v) is 11.5. The van der Waals surface area contributed by atoms with Crippen molar-refractivity contribution in [1.29, 1.82) is 5.26 Å². The Hall–Kier alpha value is -3.61. The Morgan fingerprint density at radius 3 is 1.69 bits per heavy atom. The van der Waals surface area contributed by atoms with Gasteiger partial charge in [-0.1, -0.05) is 126 Å². The molecule has 5 rings (SSSR count). The fourth-order valence-electron chi connectivity index (χ4n) is 4.28. The second-order valence-electron chi connectivity index (χ2n) is 8.02. The zero-order valence-corrected chi connectivity index (χ0v) is 21.5. The van der Waals surface area contributed by atoms with Crippen LogP contribution in [0.1, 0.15) is 5.56 Å². The lowest BCUT2D eigenvalue weighted by molar-refractivity contribution is -0.113. The number of nitrogens with zero attached hydrogens (tertiary/aromatic N) is 2. The van der Waals surface area contributed by atoms with Crippen LogP contribution >= 0.6 is 30.2 Å². The highest BCUT2D eigenvalue weighted by Crippen LogP contribution is 2.48. The second kappa shape index (κ2) is 10.6. The highest BCUT2D eigenvalue weighted by molar-refractivity contribution is 8.22. The van der Waals surface area contributed by atoms with E-state index in [4.69, 9.17) is 11.6 Å². The average Bonchev–Trinajstić information content (AvgIpc) is 3.29. The molecule has 0 saturated heterocycles. The third-order valence-electron chi connectivity index (χ3n) is 5.86. The third kappa shape index (κ3) is 4.50. The molecule has 1 aliphatic heterocycles. The van der Waals surface area contributed by atoms with E-state index in [9.17, 15) is 10.1 Å². The number of halogens is 1. The molecule has 1 amide bonds. The standard InChI is InChI=1S/C30H20ClN2OPS/c31-23-18-16-22(17-19-23)20-28-29(34)33-30(36-28)27(21-32)35(24-10-4-1-5-11-24,25-12-6-2-7-13-25)26-14-8-3-9-15-26/h1-20H/b28-20-. The molecule has 0 N–H and O–H groups in total. The fourth-order valence-corrected chi connectivity index (χ4v) is 9.77. The number of amides is 1. The highest BCUT2D eigenvalue weighted by atomic mass is 35.5. The van der Waals surface area contributed by atoms with Crippen molar-refractivity contribution in [3.8, 4) is 6.07 Å². The molecular formula is C30H20ClN2OPS. The Balaban J connectivity index is 1.79. The van der Waals surface area contributed by atoms with Gasteiger partial charge in [-0.05, 0) is 46.6 Å². The minimum atomic E-state index is -2.65. The molecule has 0 fully saturated rings. The molecular weight excluding hydrogens is 503 g/mol. The Kier molecular flexibility index (Phi) is 7.07. The molecule has 0 unspecified atom stereocenters. The van der Waals surface area contributed by atoms with Crippen LogP contribution in [0.15, 0.2) is 125 Å². The van der Waals surface area contributed by atoms with Crippen molar-refractivity contribution in [2.24, 2.45) is 4.99 Å². The van der Waals surface area contributed by atoms with Gasteiger partial charge in [0.1, 0.15) is 11.1 Å². The Labute approximate surface area is 219 Å². The summed E-state index contributed by atoms with van der Waals surface area (Å²) >= 11 is 7.27. The maximum absolute atomic E-state index is 13.0. The highest BCUT2D eigenvalue weighted by Gasteiger charge is 2.35. The summed E-state index contributed by atoms with van der Waals surface area (Å²) in [6.45, 7) is -2.65. The van der Waals surface area contributed by atoms with Crippen molar-refractivity contribution in [3.63, 3.8) is 0 Å². The molecule has 0 bridgehead atoms. The van der Waals surface area contributed by atoms with Crippen molar-refractivity contribution in [2.75, 3.05) is 0 Å². The molecule has 4 aromatic carbocycles. The SMILES string of the molecule is N#CC(C1=NC(=O)/C(=C/c2ccc(Cl)cc2)S1)=P(c1ccccc1)(c1ccccc1)c1ccccc1. The molecule has 36 heavy (non-hydrogen) atoms. The Morgan fingerprint density at radius 2 is 1.25 bits per heavy atom. The summed E-state index contributed by atoms with van der Waals surface area (Å²) in [5, 5.41) is 15.4. The van der Waals surface area contributed by atoms with Gasteiger partial charge in [-0.3, -0.25) is 4.79 Å². The first-order valence-corrected chi connectivity index (χ1v) is 14.2. The largest absolute Gasteiger partial charge is 0.284 e. The Bertz CT molecular complexity index is 1470. The molecule has 1 heterocycles. The van der Waals surface area contributed by atoms with Gasteiger partial charge in [-0.25, -0.2) is 4.99 Å². The van der Waals surface area contributed by atoms with Gasteiger partial charge in [0, 0.05) is 5.02 Å². The van der Waals surface area contributed by atoms with E-state index in [1.165, 1.54) is 11.8 Å². The van der Waals surface area contributed by atoms with Crippen LogP contribution in [0.25, 0.3) is 6.08 Å². The molecule has 3 nitrogen and oxygen atoms in total. The van der Waals surface area contributed by atoms with Crippen LogP contribution in [0.4, 0.5) is 0 Å². The average molecular weight is 523 g/mol. The maximum Gasteiger partial charge on any atom is 0.284 e. The number of aliphatic imine (C=N–C) groups is 1. The van der Waals surface area contributed by atoms with Gasteiger partial charge < -0.3 is 0 Å². The molecule has 1 aliphatic rings. The van der Waals surface area contributed by atoms with Crippen LogP contribution < -0.4 is 15.9 Å². The molecule has 0 aromatic heterocycles. The molecule has 174 valence electrons. The van der Waals surface area contributed by atoms with Crippen LogP contribution in [0, 0.1) is 11.3 Å². The minimum absolute atomic E-state index is 0.343.